The van der Waals surface area contributed by atoms with Crippen molar-refractivity contribution in [1.82, 2.24) is 10.3 Å². The number of carbonyl (C=O) groups excluding carboxylic acids is 4. The smallest absolute Gasteiger partial charge is 0.461 e. The number of nitrogens with zero attached hydrogens (tertiary/aromatic N) is 1. The molecule has 1 aromatic heterocycles. The maximum Gasteiger partial charge on any atom is 0.514 e. The van der Waals surface area contributed by atoms with E-state index in [0.717, 1.165) is 10.5 Å². The van der Waals surface area contributed by atoms with E-state index in [2.05, 4.69) is 31.5 Å². The third-order valence-electron chi connectivity index (χ3n) is 5.93. The monoisotopic (exact) mass is 608 g/mol. The molecule has 2 aromatic rings. The van der Waals surface area contributed by atoms with E-state index in [1.165, 1.54) is 12.3 Å². The van der Waals surface area contributed by atoms with Crippen molar-refractivity contribution in [2.45, 2.75) is 51.6 Å². The van der Waals surface area contributed by atoms with Gasteiger partial charge in [0, 0.05) is 34.6 Å². The fourth-order valence-electron chi connectivity index (χ4n) is 3.63. The third kappa shape index (κ3) is 8.20. The van der Waals surface area contributed by atoms with Gasteiger partial charge >= 0.3 is 18.2 Å². The Morgan fingerprint density at radius 3 is 2.51 bits per heavy atom. The van der Waals surface area contributed by atoms with Crippen LogP contribution in [0.2, 0.25) is 0 Å². The van der Waals surface area contributed by atoms with Crippen LogP contribution in [0.1, 0.15) is 55.5 Å². The second-order valence-electron chi connectivity index (χ2n) is 9.16. The SMILES string of the molecule is CCC(=O)c1ccc(F)c([C@@H]2C[C@@H]2NC(=O)Nc2ccc(Br)cn2)c1OC(=O)OCCOC(=O)C(N)C(C)C. The van der Waals surface area contributed by atoms with Crippen molar-refractivity contribution in [3.63, 3.8) is 0 Å². The molecule has 210 valence electrons. The molecule has 1 heterocycles. The van der Waals surface area contributed by atoms with Crippen LogP contribution in [0.5, 0.6) is 5.75 Å². The lowest BCUT2D eigenvalue weighted by Gasteiger charge is -2.16. The third-order valence-corrected chi connectivity index (χ3v) is 6.40. The van der Waals surface area contributed by atoms with Crippen LogP contribution in [-0.2, 0) is 14.3 Å². The van der Waals surface area contributed by atoms with Gasteiger partial charge < -0.3 is 25.3 Å². The first-order chi connectivity index (χ1) is 18.5. The van der Waals surface area contributed by atoms with E-state index in [0.29, 0.717) is 12.2 Å². The largest absolute Gasteiger partial charge is 0.514 e. The Morgan fingerprint density at radius 2 is 1.87 bits per heavy atom. The topological polar surface area (TPSA) is 159 Å². The summed E-state index contributed by atoms with van der Waals surface area (Å²) >= 11 is 3.26. The Hall–Kier alpha value is -3.58. The number of Topliss-reactive ketones (excluding diaryl/α,β-unsaturated/α-hetero) is 1. The van der Waals surface area contributed by atoms with E-state index < -0.39 is 42.0 Å². The lowest BCUT2D eigenvalue weighted by Crippen LogP contribution is -2.37. The lowest BCUT2D eigenvalue weighted by atomic mass is 10.00. The number of amides is 2. The highest BCUT2D eigenvalue weighted by molar-refractivity contribution is 9.10. The fourth-order valence-corrected chi connectivity index (χ4v) is 3.87. The predicted molar refractivity (Wildman–Crippen MR) is 142 cm³/mol. The molecule has 3 atom stereocenters. The quantitative estimate of drug-likeness (QED) is 0.146. The molecule has 0 radical (unpaired) electrons. The minimum atomic E-state index is -1.21. The van der Waals surface area contributed by atoms with Crippen LogP contribution in [0.3, 0.4) is 0 Å². The average molecular weight is 609 g/mol. The number of hydrogen-bond donors (Lipinski definition) is 3. The molecule has 3 rings (SSSR count). The Bertz CT molecular complexity index is 1230. The number of halogens is 2. The lowest BCUT2D eigenvalue weighted by molar-refractivity contribution is -0.147. The van der Waals surface area contributed by atoms with Gasteiger partial charge in [0.05, 0.1) is 5.56 Å². The number of anilines is 1. The maximum atomic E-state index is 15.0. The summed E-state index contributed by atoms with van der Waals surface area (Å²) in [7, 11) is 0. The predicted octanol–water partition coefficient (Wildman–Crippen LogP) is 4.30. The number of nitrogens with two attached hydrogens (primary N) is 1. The summed E-state index contributed by atoms with van der Waals surface area (Å²) in [5.74, 6) is -2.36. The van der Waals surface area contributed by atoms with Gasteiger partial charge in [-0.2, -0.15) is 0 Å². The fraction of sp³-hybridized carbons (Fsp3) is 0.423. The molecule has 1 unspecified atom stereocenters. The van der Waals surface area contributed by atoms with Crippen LogP contribution < -0.4 is 21.1 Å². The van der Waals surface area contributed by atoms with Crippen LogP contribution in [0, 0.1) is 11.7 Å². The molecule has 0 saturated heterocycles. The van der Waals surface area contributed by atoms with Gasteiger partial charge in [-0.1, -0.05) is 20.8 Å². The minimum absolute atomic E-state index is 0.00866. The molecule has 1 aliphatic carbocycles. The molecular weight excluding hydrogens is 579 g/mol. The van der Waals surface area contributed by atoms with Crippen molar-refractivity contribution in [3.8, 4) is 5.75 Å². The van der Waals surface area contributed by atoms with Crippen LogP contribution in [0.15, 0.2) is 34.9 Å². The Labute approximate surface area is 233 Å². The van der Waals surface area contributed by atoms with E-state index in [1.54, 1.807) is 32.9 Å². The standard InChI is InChI=1S/C26H30BrFN4O7/c1-4-19(33)15-6-7-17(28)21(16-11-18(16)31-25(35)32-20-8-5-14(27)12-30-20)23(15)39-26(36)38-10-9-37-24(34)22(29)13(2)3/h5-8,12-13,16,18,22H,4,9-11,29H2,1-3H3,(H2,30,31,32,35)/t16-,18+,22?/m1/s1. The van der Waals surface area contributed by atoms with E-state index in [1.807, 2.05) is 0 Å². The number of urea groups is 1. The molecule has 0 bridgehead atoms. The average Bonchev–Trinajstić information content (AvgIpc) is 3.64. The maximum absolute atomic E-state index is 15.0. The molecule has 2 amide bonds. The number of esters is 1. The second kappa shape index (κ2) is 13.5. The van der Waals surface area contributed by atoms with E-state index in [-0.39, 0.29) is 48.2 Å². The van der Waals surface area contributed by atoms with E-state index in [4.69, 9.17) is 19.9 Å². The van der Waals surface area contributed by atoms with Crippen molar-refractivity contribution in [3.05, 3.63) is 51.9 Å². The zero-order chi connectivity index (χ0) is 28.7. The number of hydrogen-bond acceptors (Lipinski definition) is 9. The highest BCUT2D eigenvalue weighted by Gasteiger charge is 2.44. The molecule has 0 spiro atoms. The Morgan fingerprint density at radius 1 is 1.15 bits per heavy atom. The normalized spacial score (nSPS) is 16.7. The molecule has 0 aliphatic heterocycles. The molecule has 11 nitrogen and oxygen atoms in total. The van der Waals surface area contributed by atoms with Gasteiger partial charge in [0.2, 0.25) is 0 Å². The molecular formula is C26H30BrFN4O7. The molecule has 1 fully saturated rings. The Balaban J connectivity index is 1.66. The molecule has 39 heavy (non-hydrogen) atoms. The molecule has 13 heteroatoms. The number of ether oxygens (including phenoxy) is 3. The Kier molecular flexibility index (Phi) is 10.4. The molecule has 1 aliphatic rings. The first-order valence-electron chi connectivity index (χ1n) is 12.3. The first-order valence-corrected chi connectivity index (χ1v) is 13.1. The van der Waals surface area contributed by atoms with E-state index >= 15 is 4.39 Å². The van der Waals surface area contributed by atoms with Gasteiger partial charge in [0.15, 0.2) is 11.5 Å². The summed E-state index contributed by atoms with van der Waals surface area (Å²) < 4.78 is 31.0. The highest BCUT2D eigenvalue weighted by atomic mass is 79.9. The number of pyridine rings is 1. The minimum Gasteiger partial charge on any atom is -0.461 e. The van der Waals surface area contributed by atoms with Gasteiger partial charge in [-0.25, -0.2) is 19.0 Å². The number of ketones is 1. The van der Waals surface area contributed by atoms with Crippen LogP contribution in [-0.4, -0.2) is 54.2 Å². The number of nitrogens with one attached hydrogen (secondary N) is 2. The van der Waals surface area contributed by atoms with Gasteiger partial charge in [-0.15, -0.1) is 0 Å². The summed E-state index contributed by atoms with van der Waals surface area (Å²) in [6.45, 7) is 4.54. The second-order valence-corrected chi connectivity index (χ2v) is 10.1. The zero-order valence-electron chi connectivity index (χ0n) is 21.7. The number of rotatable bonds is 11. The van der Waals surface area contributed by atoms with Crippen LogP contribution in [0.25, 0.3) is 0 Å². The summed E-state index contributed by atoms with van der Waals surface area (Å²) in [5.41, 5.74) is 5.69. The van der Waals surface area contributed by atoms with Crippen LogP contribution >= 0.6 is 15.9 Å². The molecule has 4 N–H and O–H groups in total. The zero-order valence-corrected chi connectivity index (χ0v) is 23.2. The van der Waals surface area contributed by atoms with Gasteiger partial charge in [-0.05, 0) is 52.5 Å². The van der Waals surface area contributed by atoms with Crippen LogP contribution in [0.4, 0.5) is 19.8 Å². The molecule has 1 aromatic carbocycles. The van der Waals surface area contributed by atoms with E-state index in [9.17, 15) is 19.2 Å². The number of aromatic nitrogens is 1. The van der Waals surface area contributed by atoms with Gasteiger partial charge in [-0.3, -0.25) is 14.9 Å². The summed E-state index contributed by atoms with van der Waals surface area (Å²) in [5, 5.41) is 5.30. The summed E-state index contributed by atoms with van der Waals surface area (Å²) in [4.78, 5) is 53.2. The number of benzene rings is 1. The van der Waals surface area contributed by atoms with Crippen molar-refractivity contribution in [2.24, 2.45) is 11.7 Å². The number of carbonyl (C=O) groups is 4. The highest BCUT2D eigenvalue weighted by Crippen LogP contribution is 2.47. The first kappa shape index (κ1) is 30.0. The molecule has 1 saturated carbocycles. The van der Waals surface area contributed by atoms with Crippen molar-refractivity contribution in [1.29, 1.82) is 0 Å². The van der Waals surface area contributed by atoms with Crippen molar-refractivity contribution in [2.75, 3.05) is 18.5 Å². The summed E-state index contributed by atoms with van der Waals surface area (Å²) in [6, 6.07) is 3.82. The van der Waals surface area contributed by atoms with Gasteiger partial charge in [0.25, 0.3) is 0 Å². The van der Waals surface area contributed by atoms with Crippen molar-refractivity contribution < 1.29 is 37.8 Å². The summed E-state index contributed by atoms with van der Waals surface area (Å²) in [6.07, 6.45) is 0.742. The van der Waals surface area contributed by atoms with Gasteiger partial charge in [0.1, 0.15) is 30.9 Å². The van der Waals surface area contributed by atoms with Crippen molar-refractivity contribution >= 4 is 45.7 Å².